The van der Waals surface area contributed by atoms with Gasteiger partial charge in [0.1, 0.15) is 4.60 Å². The van der Waals surface area contributed by atoms with E-state index in [1.165, 1.54) is 0 Å². The molecule has 1 heterocycles. The Morgan fingerprint density at radius 2 is 2.07 bits per heavy atom. The van der Waals surface area contributed by atoms with Gasteiger partial charge in [-0.1, -0.05) is 18.2 Å². The average molecular weight is 253 g/mol. The van der Waals surface area contributed by atoms with Crippen LogP contribution in [0.2, 0.25) is 0 Å². The predicted octanol–water partition coefficient (Wildman–Crippen LogP) is 2.24. The highest BCUT2D eigenvalue weighted by atomic mass is 79.9. The van der Waals surface area contributed by atoms with Gasteiger partial charge in [0, 0.05) is 6.20 Å². The third-order valence-corrected chi connectivity index (χ3v) is 2.47. The summed E-state index contributed by atoms with van der Waals surface area (Å²) in [5, 5.41) is 0. The first-order valence-electron chi connectivity index (χ1n) is 4.21. The number of hydrogen-bond donors (Lipinski definition) is 1. The maximum absolute atomic E-state index is 11.5. The van der Waals surface area contributed by atoms with Crippen LogP contribution in [0, 0.1) is 6.92 Å². The molecule has 14 heavy (non-hydrogen) atoms. The molecule has 4 heteroatoms. The van der Waals surface area contributed by atoms with Crippen molar-refractivity contribution in [2.45, 2.75) is 6.92 Å². The van der Waals surface area contributed by atoms with E-state index in [2.05, 4.69) is 20.9 Å². The summed E-state index contributed by atoms with van der Waals surface area (Å²) >= 11 is 3.23. The second-order valence-corrected chi connectivity index (χ2v) is 3.92. The van der Waals surface area contributed by atoms with Crippen LogP contribution >= 0.6 is 15.9 Å². The van der Waals surface area contributed by atoms with Crippen molar-refractivity contribution in [3.63, 3.8) is 0 Å². The third-order valence-electron chi connectivity index (χ3n) is 2.06. The van der Waals surface area contributed by atoms with Crippen molar-refractivity contribution < 1.29 is 0 Å². The second kappa shape index (κ2) is 3.46. The number of benzene rings is 1. The van der Waals surface area contributed by atoms with Gasteiger partial charge in [0.25, 0.3) is 0 Å². The zero-order valence-corrected chi connectivity index (χ0v) is 9.21. The monoisotopic (exact) mass is 252 g/mol. The van der Waals surface area contributed by atoms with Gasteiger partial charge >= 0.3 is 5.69 Å². The topological polar surface area (TPSA) is 37.8 Å². The molecule has 1 aromatic carbocycles. The van der Waals surface area contributed by atoms with E-state index in [4.69, 9.17) is 0 Å². The highest BCUT2D eigenvalue weighted by Crippen LogP contribution is 2.12. The fourth-order valence-electron chi connectivity index (χ4n) is 1.38. The van der Waals surface area contributed by atoms with Crippen LogP contribution < -0.4 is 5.69 Å². The minimum atomic E-state index is -0.133. The first-order chi connectivity index (χ1) is 6.68. The van der Waals surface area contributed by atoms with Crippen LogP contribution in [0.5, 0.6) is 0 Å². The molecule has 3 nitrogen and oxygen atoms in total. The molecule has 0 spiro atoms. The van der Waals surface area contributed by atoms with Crippen molar-refractivity contribution in [3.05, 3.63) is 51.1 Å². The number of aryl methyl sites for hydroxylation is 1. The van der Waals surface area contributed by atoms with Gasteiger partial charge in [-0.2, -0.15) is 0 Å². The van der Waals surface area contributed by atoms with Crippen LogP contribution in [0.4, 0.5) is 0 Å². The van der Waals surface area contributed by atoms with Crippen LogP contribution in [0.25, 0.3) is 5.69 Å². The number of aromatic nitrogens is 2. The Balaban J connectivity index is 2.66. The summed E-state index contributed by atoms with van der Waals surface area (Å²) in [5.74, 6) is 0. The Labute approximate surface area is 89.5 Å². The third kappa shape index (κ3) is 1.53. The van der Waals surface area contributed by atoms with E-state index in [1.54, 1.807) is 10.8 Å². The minimum Gasteiger partial charge on any atom is -0.300 e. The van der Waals surface area contributed by atoms with E-state index in [9.17, 15) is 4.79 Å². The molecule has 2 aromatic rings. The molecule has 0 saturated heterocycles. The molecule has 0 fully saturated rings. The Morgan fingerprint density at radius 3 is 2.64 bits per heavy atom. The number of rotatable bonds is 1. The number of nitrogens with zero attached hydrogens (tertiary/aromatic N) is 1. The van der Waals surface area contributed by atoms with E-state index < -0.39 is 0 Å². The molecule has 0 aliphatic rings. The van der Waals surface area contributed by atoms with Gasteiger partial charge in [-0.05, 0) is 34.5 Å². The van der Waals surface area contributed by atoms with Crippen molar-refractivity contribution in [2.24, 2.45) is 0 Å². The Bertz CT molecular complexity index is 513. The van der Waals surface area contributed by atoms with Gasteiger partial charge in [0.15, 0.2) is 0 Å². The molecule has 0 aliphatic carbocycles. The molecule has 72 valence electrons. The smallest absolute Gasteiger partial charge is 0.300 e. The highest BCUT2D eigenvalue weighted by Gasteiger charge is 2.04. The molecular formula is C10H9BrN2O. The van der Waals surface area contributed by atoms with Gasteiger partial charge in [-0.3, -0.25) is 9.55 Å². The number of nitrogens with one attached hydrogen (secondary N) is 1. The highest BCUT2D eigenvalue weighted by molar-refractivity contribution is 9.10. The van der Waals surface area contributed by atoms with Crippen molar-refractivity contribution in [1.29, 1.82) is 0 Å². The largest absolute Gasteiger partial charge is 0.330 e. The lowest BCUT2D eigenvalue weighted by molar-refractivity contribution is 0.975. The second-order valence-electron chi connectivity index (χ2n) is 3.06. The molecule has 0 unspecified atom stereocenters. The molecule has 1 N–H and O–H groups in total. The van der Waals surface area contributed by atoms with E-state index in [1.807, 2.05) is 31.2 Å². The Kier molecular flexibility index (Phi) is 2.29. The first kappa shape index (κ1) is 9.27. The lowest BCUT2D eigenvalue weighted by Gasteiger charge is -2.03. The summed E-state index contributed by atoms with van der Waals surface area (Å²) in [6.07, 6.45) is 1.73. The summed E-state index contributed by atoms with van der Waals surface area (Å²) in [5.41, 5.74) is 1.84. The van der Waals surface area contributed by atoms with Gasteiger partial charge in [-0.25, -0.2) is 4.79 Å². The number of imidazole rings is 1. The predicted molar refractivity (Wildman–Crippen MR) is 58.8 cm³/mol. The van der Waals surface area contributed by atoms with Crippen molar-refractivity contribution >= 4 is 15.9 Å². The first-order valence-corrected chi connectivity index (χ1v) is 5.01. The summed E-state index contributed by atoms with van der Waals surface area (Å²) in [4.78, 5) is 14.1. The van der Waals surface area contributed by atoms with Crippen LogP contribution in [-0.2, 0) is 0 Å². The standard InChI is InChI=1S/C10H9BrN2O/c1-7-4-2-3-5-8(7)13-6-9(11)12-10(13)14/h2-6H,1H3,(H,12,14). The minimum absolute atomic E-state index is 0.133. The van der Waals surface area contributed by atoms with E-state index in [0.29, 0.717) is 4.60 Å². The zero-order valence-electron chi connectivity index (χ0n) is 7.62. The molecule has 1 aromatic heterocycles. The molecule has 0 aliphatic heterocycles. The molecule has 0 amide bonds. The molecule has 0 radical (unpaired) electrons. The molecule has 0 saturated carbocycles. The van der Waals surface area contributed by atoms with Gasteiger partial charge in [0.05, 0.1) is 5.69 Å². The van der Waals surface area contributed by atoms with Gasteiger partial charge < -0.3 is 0 Å². The lowest BCUT2D eigenvalue weighted by Crippen LogP contribution is -2.14. The molecule has 0 atom stereocenters. The van der Waals surface area contributed by atoms with E-state index >= 15 is 0 Å². The zero-order chi connectivity index (χ0) is 10.1. The molecular weight excluding hydrogens is 244 g/mol. The Morgan fingerprint density at radius 1 is 1.36 bits per heavy atom. The fraction of sp³-hybridized carbons (Fsp3) is 0.100. The van der Waals surface area contributed by atoms with E-state index in [-0.39, 0.29) is 5.69 Å². The fourth-order valence-corrected chi connectivity index (χ4v) is 1.75. The lowest BCUT2D eigenvalue weighted by atomic mass is 10.2. The molecule has 2 rings (SSSR count). The Hall–Kier alpha value is -1.29. The molecule has 0 bridgehead atoms. The number of halogens is 1. The number of aromatic amines is 1. The summed E-state index contributed by atoms with van der Waals surface area (Å²) in [7, 11) is 0. The average Bonchev–Trinajstić information content (AvgIpc) is 2.46. The van der Waals surface area contributed by atoms with Gasteiger partial charge in [0.2, 0.25) is 0 Å². The normalized spacial score (nSPS) is 10.4. The maximum atomic E-state index is 11.5. The van der Waals surface area contributed by atoms with Crippen LogP contribution in [0.15, 0.2) is 39.9 Å². The maximum Gasteiger partial charge on any atom is 0.330 e. The van der Waals surface area contributed by atoms with Gasteiger partial charge in [-0.15, -0.1) is 0 Å². The number of hydrogen-bond acceptors (Lipinski definition) is 1. The number of para-hydroxylation sites is 1. The van der Waals surface area contributed by atoms with Crippen molar-refractivity contribution in [1.82, 2.24) is 9.55 Å². The SMILES string of the molecule is Cc1ccccc1-n1cc(Br)[nH]c1=O. The quantitative estimate of drug-likeness (QED) is 0.831. The number of H-pyrrole nitrogens is 1. The summed E-state index contributed by atoms with van der Waals surface area (Å²) in [6.45, 7) is 1.97. The van der Waals surface area contributed by atoms with Crippen LogP contribution in [-0.4, -0.2) is 9.55 Å². The van der Waals surface area contributed by atoms with Crippen molar-refractivity contribution in [3.8, 4) is 5.69 Å². The van der Waals surface area contributed by atoms with E-state index in [0.717, 1.165) is 11.3 Å². The van der Waals surface area contributed by atoms with Crippen LogP contribution in [0.1, 0.15) is 5.56 Å². The van der Waals surface area contributed by atoms with Crippen molar-refractivity contribution in [2.75, 3.05) is 0 Å². The summed E-state index contributed by atoms with van der Waals surface area (Å²) in [6, 6.07) is 7.75. The summed E-state index contributed by atoms with van der Waals surface area (Å²) < 4.78 is 2.27. The van der Waals surface area contributed by atoms with Crippen LogP contribution in [0.3, 0.4) is 0 Å².